The van der Waals surface area contributed by atoms with Crippen LogP contribution in [0.4, 0.5) is 0 Å². The van der Waals surface area contributed by atoms with Crippen molar-refractivity contribution in [3.8, 4) is 23.6 Å². The van der Waals surface area contributed by atoms with E-state index >= 15 is 0 Å². The number of rotatable bonds is 7. The summed E-state index contributed by atoms with van der Waals surface area (Å²) in [5.41, 5.74) is 1.97. The SMILES string of the molecule is COc1cc(/C=C(\C#N)C(=O)N[C@H]2CCCC[C@H]2C)c(Br)cc1OCc1ccccc1C#N. The number of ether oxygens (including phenoxy) is 2. The molecule has 2 aromatic carbocycles. The third kappa shape index (κ3) is 6.15. The zero-order valence-electron chi connectivity index (χ0n) is 18.7. The second-order valence-electron chi connectivity index (χ2n) is 8.09. The summed E-state index contributed by atoms with van der Waals surface area (Å²) in [6.07, 6.45) is 5.83. The molecule has 0 spiro atoms. The van der Waals surface area contributed by atoms with E-state index in [2.05, 4.69) is 34.2 Å². The van der Waals surface area contributed by atoms with Gasteiger partial charge in [0, 0.05) is 16.1 Å². The molecule has 1 N–H and O–H groups in total. The average molecular weight is 508 g/mol. The van der Waals surface area contributed by atoms with E-state index in [1.54, 1.807) is 30.3 Å². The molecular weight excluding hydrogens is 482 g/mol. The molecule has 0 aliphatic heterocycles. The zero-order chi connectivity index (χ0) is 23.8. The maximum atomic E-state index is 12.7. The Morgan fingerprint density at radius 3 is 2.67 bits per heavy atom. The summed E-state index contributed by atoms with van der Waals surface area (Å²) in [7, 11) is 1.52. The number of amides is 1. The van der Waals surface area contributed by atoms with E-state index in [0.29, 0.717) is 33.0 Å². The first-order chi connectivity index (χ1) is 16.0. The first-order valence-electron chi connectivity index (χ1n) is 10.9. The molecule has 0 radical (unpaired) electrons. The summed E-state index contributed by atoms with van der Waals surface area (Å²) in [6, 6.07) is 14.9. The highest BCUT2D eigenvalue weighted by atomic mass is 79.9. The molecule has 1 amide bonds. The number of hydrogen-bond acceptors (Lipinski definition) is 5. The Morgan fingerprint density at radius 1 is 1.21 bits per heavy atom. The summed E-state index contributed by atoms with van der Waals surface area (Å²) in [5, 5.41) is 21.9. The van der Waals surface area contributed by atoms with Gasteiger partial charge in [-0.25, -0.2) is 0 Å². The maximum absolute atomic E-state index is 12.7. The summed E-state index contributed by atoms with van der Waals surface area (Å²) in [4.78, 5) is 12.7. The van der Waals surface area contributed by atoms with Crippen LogP contribution in [0.25, 0.3) is 6.08 Å². The molecule has 7 heteroatoms. The highest BCUT2D eigenvalue weighted by Gasteiger charge is 2.24. The lowest BCUT2D eigenvalue weighted by Crippen LogP contribution is -2.41. The van der Waals surface area contributed by atoms with Crippen molar-refractivity contribution in [1.29, 1.82) is 10.5 Å². The molecule has 3 rings (SSSR count). The van der Waals surface area contributed by atoms with Crippen LogP contribution in [0.3, 0.4) is 0 Å². The number of carbonyl (C=O) groups excluding carboxylic acids is 1. The lowest BCUT2D eigenvalue weighted by atomic mass is 9.86. The largest absolute Gasteiger partial charge is 0.493 e. The fourth-order valence-electron chi connectivity index (χ4n) is 3.93. The highest BCUT2D eigenvalue weighted by Crippen LogP contribution is 2.35. The second-order valence-corrected chi connectivity index (χ2v) is 8.95. The van der Waals surface area contributed by atoms with Crippen molar-refractivity contribution in [3.05, 3.63) is 63.1 Å². The minimum Gasteiger partial charge on any atom is -0.493 e. The fourth-order valence-corrected chi connectivity index (χ4v) is 4.36. The van der Waals surface area contributed by atoms with Crippen molar-refractivity contribution in [1.82, 2.24) is 5.32 Å². The van der Waals surface area contributed by atoms with Gasteiger partial charge in [0.15, 0.2) is 11.5 Å². The van der Waals surface area contributed by atoms with E-state index in [4.69, 9.17) is 9.47 Å². The minimum atomic E-state index is -0.365. The molecule has 170 valence electrons. The average Bonchev–Trinajstić information content (AvgIpc) is 2.83. The van der Waals surface area contributed by atoms with E-state index in [1.165, 1.54) is 13.5 Å². The van der Waals surface area contributed by atoms with Gasteiger partial charge in [0.2, 0.25) is 0 Å². The Hall–Kier alpha value is -3.29. The lowest BCUT2D eigenvalue weighted by molar-refractivity contribution is -0.118. The first kappa shape index (κ1) is 24.4. The highest BCUT2D eigenvalue weighted by molar-refractivity contribution is 9.10. The first-order valence-corrected chi connectivity index (χ1v) is 11.7. The summed E-state index contributed by atoms with van der Waals surface area (Å²) in [6.45, 7) is 2.34. The monoisotopic (exact) mass is 507 g/mol. The smallest absolute Gasteiger partial charge is 0.262 e. The molecule has 0 heterocycles. The van der Waals surface area contributed by atoms with E-state index in [-0.39, 0.29) is 24.1 Å². The van der Waals surface area contributed by atoms with Crippen LogP contribution in [0.15, 0.2) is 46.4 Å². The molecular formula is C26H26BrN3O3. The minimum absolute atomic E-state index is 0.0344. The molecule has 2 aromatic rings. The van der Waals surface area contributed by atoms with Crippen LogP contribution in [0, 0.1) is 28.6 Å². The van der Waals surface area contributed by atoms with E-state index < -0.39 is 0 Å². The second kappa shape index (κ2) is 11.5. The van der Waals surface area contributed by atoms with Crippen molar-refractivity contribution in [2.45, 2.75) is 45.3 Å². The third-order valence-corrected chi connectivity index (χ3v) is 6.58. The molecule has 0 saturated heterocycles. The standard InChI is InChI=1S/C26H26BrN3O3/c1-17-7-3-6-10-23(17)30-26(31)21(15-29)11-20-12-24(32-2)25(13-22(20)27)33-16-19-9-5-4-8-18(19)14-28/h4-5,8-9,11-13,17,23H,3,6-7,10,16H2,1-2H3,(H,30,31)/b21-11+/t17-,23+/m1/s1. The van der Waals surface area contributed by atoms with Gasteiger partial charge in [-0.1, -0.05) is 53.9 Å². The molecule has 0 aromatic heterocycles. The van der Waals surface area contributed by atoms with Gasteiger partial charge in [0.05, 0.1) is 18.7 Å². The number of halogens is 1. The van der Waals surface area contributed by atoms with Gasteiger partial charge < -0.3 is 14.8 Å². The van der Waals surface area contributed by atoms with Crippen molar-refractivity contribution in [2.75, 3.05) is 7.11 Å². The maximum Gasteiger partial charge on any atom is 0.262 e. The predicted molar refractivity (Wildman–Crippen MR) is 129 cm³/mol. The number of nitrogens with one attached hydrogen (secondary N) is 1. The van der Waals surface area contributed by atoms with Crippen LogP contribution < -0.4 is 14.8 Å². The molecule has 1 saturated carbocycles. The van der Waals surface area contributed by atoms with Crippen LogP contribution in [0.5, 0.6) is 11.5 Å². The van der Waals surface area contributed by atoms with E-state index in [0.717, 1.165) is 24.8 Å². The quantitative estimate of drug-likeness (QED) is 0.393. The normalized spacial score (nSPS) is 18.0. The van der Waals surface area contributed by atoms with Crippen molar-refractivity contribution >= 4 is 27.9 Å². The van der Waals surface area contributed by atoms with E-state index in [9.17, 15) is 15.3 Å². The Labute approximate surface area is 202 Å². The summed E-state index contributed by atoms with van der Waals surface area (Å²) >= 11 is 3.51. The molecule has 1 aliphatic carbocycles. The zero-order valence-corrected chi connectivity index (χ0v) is 20.3. The van der Waals surface area contributed by atoms with Gasteiger partial charge in [-0.3, -0.25) is 4.79 Å². The lowest BCUT2D eigenvalue weighted by Gasteiger charge is -2.29. The Bertz CT molecular complexity index is 1130. The van der Waals surface area contributed by atoms with Crippen LogP contribution in [-0.2, 0) is 11.4 Å². The molecule has 6 nitrogen and oxygen atoms in total. The molecule has 1 aliphatic rings. The van der Waals surface area contributed by atoms with Gasteiger partial charge >= 0.3 is 0 Å². The fraction of sp³-hybridized carbons (Fsp3) is 0.346. The number of hydrogen-bond donors (Lipinski definition) is 1. The number of carbonyl (C=O) groups is 1. The predicted octanol–water partition coefficient (Wildman–Crippen LogP) is 5.51. The Morgan fingerprint density at radius 2 is 1.97 bits per heavy atom. The number of nitriles is 2. The number of nitrogens with zero attached hydrogens (tertiary/aromatic N) is 2. The number of methoxy groups -OCH3 is 1. The molecule has 0 bridgehead atoms. The van der Waals surface area contributed by atoms with Gasteiger partial charge in [-0.05, 0) is 48.6 Å². The van der Waals surface area contributed by atoms with Gasteiger partial charge in [0.25, 0.3) is 5.91 Å². The van der Waals surface area contributed by atoms with Crippen molar-refractivity contribution in [3.63, 3.8) is 0 Å². The van der Waals surface area contributed by atoms with Crippen LogP contribution >= 0.6 is 15.9 Å². The van der Waals surface area contributed by atoms with Gasteiger partial charge in [-0.15, -0.1) is 0 Å². The molecule has 33 heavy (non-hydrogen) atoms. The Balaban J connectivity index is 1.80. The van der Waals surface area contributed by atoms with Crippen LogP contribution in [0.2, 0.25) is 0 Å². The molecule has 0 unspecified atom stereocenters. The van der Waals surface area contributed by atoms with E-state index in [1.807, 2.05) is 18.2 Å². The van der Waals surface area contributed by atoms with Gasteiger partial charge in [0.1, 0.15) is 18.2 Å². The van der Waals surface area contributed by atoms with Crippen molar-refractivity contribution in [2.24, 2.45) is 5.92 Å². The topological polar surface area (TPSA) is 95.1 Å². The number of benzene rings is 2. The third-order valence-electron chi connectivity index (χ3n) is 5.90. The van der Waals surface area contributed by atoms with Crippen LogP contribution in [0.1, 0.15) is 49.3 Å². The van der Waals surface area contributed by atoms with Gasteiger partial charge in [-0.2, -0.15) is 10.5 Å². The molecule has 1 fully saturated rings. The summed E-state index contributed by atoms with van der Waals surface area (Å²) in [5.74, 6) is 0.971. The van der Waals surface area contributed by atoms with Crippen molar-refractivity contribution < 1.29 is 14.3 Å². The molecule has 2 atom stereocenters. The summed E-state index contributed by atoms with van der Waals surface area (Å²) < 4.78 is 12.0. The van der Waals surface area contributed by atoms with Crippen LogP contribution in [-0.4, -0.2) is 19.1 Å². The Kier molecular flexibility index (Phi) is 8.52.